The average Bonchev–Trinajstić information content (AvgIpc) is 3.29. The van der Waals surface area contributed by atoms with Gasteiger partial charge in [-0.05, 0) is 23.8 Å². The molecule has 1 saturated heterocycles. The molecule has 0 spiro atoms. The molecule has 8 heteroatoms. The molecule has 0 atom stereocenters. The molecule has 4 rings (SSSR count). The lowest BCUT2D eigenvalue weighted by Gasteiger charge is -2.25. The minimum Gasteiger partial charge on any atom is -0.496 e. The second-order valence-corrected chi connectivity index (χ2v) is 7.61. The van der Waals surface area contributed by atoms with E-state index in [-0.39, 0.29) is 11.7 Å². The van der Waals surface area contributed by atoms with E-state index in [1.165, 1.54) is 18.4 Å². The maximum atomic E-state index is 13.3. The maximum Gasteiger partial charge on any atom is 0.275 e. The second-order valence-electron chi connectivity index (χ2n) is 7.61. The summed E-state index contributed by atoms with van der Waals surface area (Å²) in [7, 11) is 1.64. The van der Waals surface area contributed by atoms with Gasteiger partial charge in [-0.3, -0.25) is 9.69 Å². The van der Waals surface area contributed by atoms with Gasteiger partial charge >= 0.3 is 0 Å². The summed E-state index contributed by atoms with van der Waals surface area (Å²) in [5, 5.41) is 0. The molecular weight excluding hydrogens is 413 g/mol. The number of para-hydroxylation sites is 1. The third-order valence-corrected chi connectivity index (χ3v) is 5.33. The van der Waals surface area contributed by atoms with E-state index in [4.69, 9.17) is 13.9 Å². The monoisotopic (exact) mass is 439 g/mol. The molecule has 0 unspecified atom stereocenters. The van der Waals surface area contributed by atoms with Crippen LogP contribution in [0.4, 0.5) is 4.39 Å². The maximum absolute atomic E-state index is 13.3. The molecule has 2 heterocycles. The molecule has 0 radical (unpaired) electrons. The third kappa shape index (κ3) is 5.52. The Morgan fingerprint density at radius 2 is 1.84 bits per heavy atom. The Hall–Kier alpha value is -3.23. The van der Waals surface area contributed by atoms with E-state index in [0.29, 0.717) is 57.5 Å². The number of methoxy groups -OCH3 is 1. The van der Waals surface area contributed by atoms with Crippen LogP contribution >= 0.6 is 0 Å². The van der Waals surface area contributed by atoms with Crippen LogP contribution in [0.25, 0.3) is 0 Å². The van der Waals surface area contributed by atoms with Gasteiger partial charge in [0.25, 0.3) is 5.91 Å². The predicted molar refractivity (Wildman–Crippen MR) is 116 cm³/mol. The number of morpholine rings is 1. The largest absolute Gasteiger partial charge is 0.496 e. The highest BCUT2D eigenvalue weighted by atomic mass is 19.1. The highest BCUT2D eigenvalue weighted by molar-refractivity contribution is 5.92. The van der Waals surface area contributed by atoms with Gasteiger partial charge in [0.05, 0.1) is 26.9 Å². The number of halogens is 1. The van der Waals surface area contributed by atoms with Crippen LogP contribution in [0.1, 0.15) is 27.5 Å². The van der Waals surface area contributed by atoms with Gasteiger partial charge < -0.3 is 18.8 Å². The number of carbonyl (C=O) groups excluding carboxylic acids is 1. The average molecular weight is 439 g/mol. The van der Waals surface area contributed by atoms with Crippen LogP contribution in [0, 0.1) is 5.82 Å². The first kappa shape index (κ1) is 22.0. The van der Waals surface area contributed by atoms with E-state index in [1.54, 1.807) is 24.1 Å². The summed E-state index contributed by atoms with van der Waals surface area (Å²) >= 11 is 0. The number of rotatable bonds is 8. The number of carbonyl (C=O) groups is 1. The fourth-order valence-electron chi connectivity index (χ4n) is 3.69. The molecule has 168 valence electrons. The van der Waals surface area contributed by atoms with Gasteiger partial charge in [0.2, 0.25) is 5.89 Å². The molecule has 7 nitrogen and oxygen atoms in total. The van der Waals surface area contributed by atoms with Crippen LogP contribution in [-0.4, -0.2) is 54.1 Å². The standard InChI is InChI=1S/C24H26FN3O4/c1-30-22-5-3-2-4-19(22)15-27(14-18-6-8-20(25)9-7-18)16-23-26-21(17-32-23)24(29)28-10-12-31-13-11-28/h2-9,17H,10-16H2,1H3. The van der Waals surface area contributed by atoms with Crippen molar-refractivity contribution >= 4 is 5.91 Å². The Morgan fingerprint density at radius 1 is 1.09 bits per heavy atom. The smallest absolute Gasteiger partial charge is 0.275 e. The molecule has 0 bridgehead atoms. The van der Waals surface area contributed by atoms with E-state index in [2.05, 4.69) is 9.88 Å². The van der Waals surface area contributed by atoms with Crippen molar-refractivity contribution in [3.63, 3.8) is 0 Å². The molecule has 0 N–H and O–H groups in total. The van der Waals surface area contributed by atoms with Crippen LogP contribution in [0.5, 0.6) is 5.75 Å². The van der Waals surface area contributed by atoms with E-state index >= 15 is 0 Å². The third-order valence-electron chi connectivity index (χ3n) is 5.33. The molecule has 1 amide bonds. The minimum absolute atomic E-state index is 0.155. The topological polar surface area (TPSA) is 68.0 Å². The second kappa shape index (κ2) is 10.4. The number of hydrogen-bond donors (Lipinski definition) is 0. The van der Waals surface area contributed by atoms with Crippen molar-refractivity contribution in [2.75, 3.05) is 33.4 Å². The number of nitrogens with zero attached hydrogens (tertiary/aromatic N) is 3. The van der Waals surface area contributed by atoms with Crippen molar-refractivity contribution in [3.8, 4) is 5.75 Å². The molecule has 0 saturated carbocycles. The fourth-order valence-corrected chi connectivity index (χ4v) is 3.69. The zero-order valence-corrected chi connectivity index (χ0v) is 18.0. The normalized spacial score (nSPS) is 14.0. The lowest BCUT2D eigenvalue weighted by molar-refractivity contribution is 0.0299. The summed E-state index contributed by atoms with van der Waals surface area (Å²) in [5.74, 6) is 0.799. The molecule has 2 aromatic carbocycles. The van der Waals surface area contributed by atoms with Gasteiger partial charge in [0, 0.05) is 31.7 Å². The molecular formula is C24H26FN3O4. The molecule has 1 fully saturated rings. The zero-order chi connectivity index (χ0) is 22.3. The first-order valence-electron chi connectivity index (χ1n) is 10.5. The Kier molecular flexibility index (Phi) is 7.14. The molecule has 3 aromatic rings. The highest BCUT2D eigenvalue weighted by Crippen LogP contribution is 2.22. The summed E-state index contributed by atoms with van der Waals surface area (Å²) in [6.07, 6.45) is 1.41. The number of amides is 1. The summed E-state index contributed by atoms with van der Waals surface area (Å²) in [5.41, 5.74) is 2.26. The van der Waals surface area contributed by atoms with Crippen LogP contribution in [0.2, 0.25) is 0 Å². The molecule has 0 aliphatic carbocycles. The summed E-state index contributed by atoms with van der Waals surface area (Å²) < 4.78 is 29.8. The van der Waals surface area contributed by atoms with E-state index < -0.39 is 0 Å². The Morgan fingerprint density at radius 3 is 2.59 bits per heavy atom. The van der Waals surface area contributed by atoms with Gasteiger partial charge in [0.1, 0.15) is 17.8 Å². The van der Waals surface area contributed by atoms with Crippen molar-refractivity contribution in [2.24, 2.45) is 0 Å². The lowest BCUT2D eigenvalue weighted by Crippen LogP contribution is -2.40. The van der Waals surface area contributed by atoms with Crippen LogP contribution < -0.4 is 4.74 Å². The van der Waals surface area contributed by atoms with Crippen molar-refractivity contribution in [1.82, 2.24) is 14.8 Å². The molecule has 32 heavy (non-hydrogen) atoms. The van der Waals surface area contributed by atoms with Gasteiger partial charge in [-0.15, -0.1) is 0 Å². The molecule has 1 aromatic heterocycles. The number of benzene rings is 2. The first-order chi connectivity index (χ1) is 15.6. The van der Waals surface area contributed by atoms with Crippen molar-refractivity contribution in [1.29, 1.82) is 0 Å². The van der Waals surface area contributed by atoms with Crippen LogP contribution in [0.15, 0.2) is 59.2 Å². The zero-order valence-electron chi connectivity index (χ0n) is 18.0. The van der Waals surface area contributed by atoms with Gasteiger partial charge in [-0.25, -0.2) is 9.37 Å². The predicted octanol–water partition coefficient (Wildman–Crippen LogP) is 3.50. The van der Waals surface area contributed by atoms with Gasteiger partial charge in [-0.1, -0.05) is 30.3 Å². The molecule has 1 aliphatic rings. The van der Waals surface area contributed by atoms with Crippen molar-refractivity contribution in [3.05, 3.63) is 83.3 Å². The Labute approximate surface area is 186 Å². The summed E-state index contributed by atoms with van der Waals surface area (Å²) in [4.78, 5) is 20.9. The minimum atomic E-state index is -0.274. The van der Waals surface area contributed by atoms with Crippen LogP contribution in [-0.2, 0) is 24.4 Å². The van der Waals surface area contributed by atoms with Crippen molar-refractivity contribution < 1.29 is 23.1 Å². The van der Waals surface area contributed by atoms with Crippen molar-refractivity contribution in [2.45, 2.75) is 19.6 Å². The van der Waals surface area contributed by atoms with Crippen LogP contribution in [0.3, 0.4) is 0 Å². The van der Waals surface area contributed by atoms with Gasteiger partial charge in [-0.2, -0.15) is 0 Å². The highest BCUT2D eigenvalue weighted by Gasteiger charge is 2.22. The number of aromatic nitrogens is 1. The number of oxazole rings is 1. The van der Waals surface area contributed by atoms with E-state index in [9.17, 15) is 9.18 Å². The lowest BCUT2D eigenvalue weighted by atomic mass is 10.1. The molecule has 1 aliphatic heterocycles. The Balaban J connectivity index is 1.51. The summed E-state index contributed by atoms with van der Waals surface area (Å²) in [6, 6.07) is 14.2. The Bertz CT molecular complexity index is 1030. The quantitative estimate of drug-likeness (QED) is 0.535. The summed E-state index contributed by atoms with van der Waals surface area (Å²) in [6.45, 7) is 3.65. The SMILES string of the molecule is COc1ccccc1CN(Cc1ccc(F)cc1)Cc1nc(C(=O)N2CCOCC2)co1. The van der Waals surface area contributed by atoms with E-state index in [0.717, 1.165) is 16.9 Å². The number of hydrogen-bond acceptors (Lipinski definition) is 6. The van der Waals surface area contributed by atoms with E-state index in [1.807, 2.05) is 24.3 Å². The fraction of sp³-hybridized carbons (Fsp3) is 0.333. The first-order valence-corrected chi connectivity index (χ1v) is 10.5. The van der Waals surface area contributed by atoms with Gasteiger partial charge in [0.15, 0.2) is 5.69 Å². The number of ether oxygens (including phenoxy) is 2.